The Kier molecular flexibility index (Phi) is 5.90. The van der Waals surface area contributed by atoms with Gasteiger partial charge in [-0.15, -0.1) is 0 Å². The molecule has 0 heterocycles. The molecule has 90 valence electrons. The molecule has 0 atom stereocenters. The second kappa shape index (κ2) is 7.25. The smallest absolute Gasteiger partial charge is 0.0698 e. The Morgan fingerprint density at radius 1 is 1.25 bits per heavy atom. The molecule has 0 saturated carbocycles. The number of rotatable bonds is 7. The van der Waals surface area contributed by atoms with Gasteiger partial charge in [0, 0.05) is 12.2 Å². The van der Waals surface area contributed by atoms with Crippen LogP contribution in [0, 0.1) is 0 Å². The molecule has 0 spiro atoms. The summed E-state index contributed by atoms with van der Waals surface area (Å²) in [6.07, 6.45) is 0. The van der Waals surface area contributed by atoms with Gasteiger partial charge in [-0.05, 0) is 17.5 Å². The van der Waals surface area contributed by atoms with Crippen LogP contribution < -0.4 is 5.32 Å². The van der Waals surface area contributed by atoms with Gasteiger partial charge in [-0.1, -0.05) is 32.0 Å². The molecule has 0 fully saturated rings. The number of anilines is 1. The zero-order chi connectivity index (χ0) is 11.8. The minimum atomic E-state index is 0.0859. The zero-order valence-electron chi connectivity index (χ0n) is 10.1. The molecule has 0 unspecified atom stereocenters. The minimum absolute atomic E-state index is 0.0859. The number of hydrogen-bond acceptors (Lipinski definition) is 3. The molecule has 0 saturated heterocycles. The summed E-state index contributed by atoms with van der Waals surface area (Å²) in [4.78, 5) is 0. The molecular formula is C13H21NO2. The van der Waals surface area contributed by atoms with E-state index < -0.39 is 0 Å². The standard InChI is InChI=1S/C13H21NO2/c1-11(2)12-5-3-4-6-13(12)14-7-9-16-10-8-15/h3-6,11,14-15H,7-10H2,1-2H3. The maximum atomic E-state index is 8.55. The lowest BCUT2D eigenvalue weighted by Gasteiger charge is -2.14. The first-order valence-electron chi connectivity index (χ1n) is 5.77. The van der Waals surface area contributed by atoms with Crippen molar-refractivity contribution >= 4 is 5.69 Å². The van der Waals surface area contributed by atoms with Crippen molar-refractivity contribution in [3.05, 3.63) is 29.8 Å². The Balaban J connectivity index is 2.41. The molecule has 0 bridgehead atoms. The minimum Gasteiger partial charge on any atom is -0.394 e. The Morgan fingerprint density at radius 2 is 2.00 bits per heavy atom. The van der Waals surface area contributed by atoms with Gasteiger partial charge in [0.25, 0.3) is 0 Å². The summed E-state index contributed by atoms with van der Waals surface area (Å²) < 4.78 is 5.19. The SMILES string of the molecule is CC(C)c1ccccc1NCCOCCO. The van der Waals surface area contributed by atoms with Crippen LogP contribution in [0.3, 0.4) is 0 Å². The lowest BCUT2D eigenvalue weighted by molar-refractivity contribution is 0.0992. The lowest BCUT2D eigenvalue weighted by Crippen LogP contribution is -2.12. The predicted molar refractivity (Wildman–Crippen MR) is 66.9 cm³/mol. The number of para-hydroxylation sites is 1. The van der Waals surface area contributed by atoms with Gasteiger partial charge in [-0.2, -0.15) is 0 Å². The van der Waals surface area contributed by atoms with E-state index in [0.717, 1.165) is 6.54 Å². The summed E-state index contributed by atoms with van der Waals surface area (Å²) >= 11 is 0. The van der Waals surface area contributed by atoms with E-state index in [1.165, 1.54) is 11.3 Å². The average molecular weight is 223 g/mol. The fraction of sp³-hybridized carbons (Fsp3) is 0.538. The molecule has 0 amide bonds. The highest BCUT2D eigenvalue weighted by Gasteiger charge is 2.04. The lowest BCUT2D eigenvalue weighted by atomic mass is 10.0. The van der Waals surface area contributed by atoms with Crippen LogP contribution >= 0.6 is 0 Å². The van der Waals surface area contributed by atoms with Gasteiger partial charge < -0.3 is 15.2 Å². The Labute approximate surface area is 97.4 Å². The summed E-state index contributed by atoms with van der Waals surface area (Å²) in [7, 11) is 0. The van der Waals surface area contributed by atoms with E-state index >= 15 is 0 Å². The van der Waals surface area contributed by atoms with Crippen LogP contribution in [0.1, 0.15) is 25.3 Å². The molecule has 3 nitrogen and oxygen atoms in total. The van der Waals surface area contributed by atoms with Crippen molar-refractivity contribution in [2.24, 2.45) is 0 Å². The Hall–Kier alpha value is -1.06. The van der Waals surface area contributed by atoms with Crippen LogP contribution in [-0.2, 0) is 4.74 Å². The summed E-state index contributed by atoms with van der Waals surface area (Å²) in [5.74, 6) is 0.516. The van der Waals surface area contributed by atoms with E-state index in [4.69, 9.17) is 9.84 Å². The highest BCUT2D eigenvalue weighted by atomic mass is 16.5. The molecule has 0 aromatic heterocycles. The predicted octanol–water partition coefficient (Wildman–Crippen LogP) is 2.23. The van der Waals surface area contributed by atoms with Crippen molar-refractivity contribution in [1.82, 2.24) is 0 Å². The number of benzene rings is 1. The topological polar surface area (TPSA) is 41.5 Å². The van der Waals surface area contributed by atoms with Gasteiger partial charge in [0.05, 0.1) is 19.8 Å². The second-order valence-corrected chi connectivity index (χ2v) is 4.00. The molecule has 16 heavy (non-hydrogen) atoms. The number of hydrogen-bond donors (Lipinski definition) is 2. The first-order valence-corrected chi connectivity index (χ1v) is 5.77. The van der Waals surface area contributed by atoms with E-state index in [1.54, 1.807) is 0 Å². The third-order valence-corrected chi connectivity index (χ3v) is 2.38. The van der Waals surface area contributed by atoms with Crippen molar-refractivity contribution in [3.8, 4) is 0 Å². The fourth-order valence-corrected chi connectivity index (χ4v) is 1.59. The van der Waals surface area contributed by atoms with Crippen LogP contribution in [0.15, 0.2) is 24.3 Å². The van der Waals surface area contributed by atoms with Crippen LogP contribution in [0.4, 0.5) is 5.69 Å². The normalized spacial score (nSPS) is 10.8. The largest absolute Gasteiger partial charge is 0.394 e. The molecule has 1 aromatic carbocycles. The molecule has 3 heteroatoms. The zero-order valence-corrected chi connectivity index (χ0v) is 10.1. The van der Waals surface area contributed by atoms with Crippen molar-refractivity contribution in [2.75, 3.05) is 31.7 Å². The summed E-state index contributed by atoms with van der Waals surface area (Å²) in [6, 6.07) is 8.31. The fourth-order valence-electron chi connectivity index (χ4n) is 1.59. The van der Waals surface area contributed by atoms with Gasteiger partial charge in [-0.25, -0.2) is 0 Å². The number of aliphatic hydroxyl groups excluding tert-OH is 1. The quantitative estimate of drug-likeness (QED) is 0.696. The Morgan fingerprint density at radius 3 is 2.69 bits per heavy atom. The van der Waals surface area contributed by atoms with Crippen molar-refractivity contribution < 1.29 is 9.84 Å². The number of ether oxygens (including phenoxy) is 1. The molecule has 2 N–H and O–H groups in total. The van der Waals surface area contributed by atoms with Crippen molar-refractivity contribution in [2.45, 2.75) is 19.8 Å². The summed E-state index contributed by atoms with van der Waals surface area (Å²) in [6.45, 7) is 6.25. The molecule has 0 aliphatic rings. The molecule has 1 aromatic rings. The van der Waals surface area contributed by atoms with Crippen LogP contribution in [0.5, 0.6) is 0 Å². The summed E-state index contributed by atoms with van der Waals surface area (Å²) in [5.41, 5.74) is 2.50. The van der Waals surface area contributed by atoms with Crippen molar-refractivity contribution in [1.29, 1.82) is 0 Å². The van der Waals surface area contributed by atoms with Gasteiger partial charge in [-0.3, -0.25) is 0 Å². The average Bonchev–Trinajstić information content (AvgIpc) is 2.29. The molecule has 0 radical (unpaired) electrons. The van der Waals surface area contributed by atoms with Gasteiger partial charge in [0.1, 0.15) is 0 Å². The van der Waals surface area contributed by atoms with Crippen LogP contribution in [-0.4, -0.2) is 31.5 Å². The first kappa shape index (κ1) is 13.0. The number of nitrogens with one attached hydrogen (secondary N) is 1. The molecule has 0 aliphatic carbocycles. The van der Waals surface area contributed by atoms with Gasteiger partial charge in [0.2, 0.25) is 0 Å². The maximum Gasteiger partial charge on any atom is 0.0698 e. The second-order valence-electron chi connectivity index (χ2n) is 4.00. The van der Waals surface area contributed by atoms with E-state index in [-0.39, 0.29) is 6.61 Å². The first-order chi connectivity index (χ1) is 7.75. The van der Waals surface area contributed by atoms with Crippen LogP contribution in [0.2, 0.25) is 0 Å². The van der Waals surface area contributed by atoms with Crippen molar-refractivity contribution in [3.63, 3.8) is 0 Å². The van der Waals surface area contributed by atoms with E-state index in [1.807, 2.05) is 6.07 Å². The number of aliphatic hydroxyl groups is 1. The highest BCUT2D eigenvalue weighted by molar-refractivity contribution is 5.52. The summed E-state index contributed by atoms with van der Waals surface area (Å²) in [5, 5.41) is 11.9. The van der Waals surface area contributed by atoms with Gasteiger partial charge in [0.15, 0.2) is 0 Å². The highest BCUT2D eigenvalue weighted by Crippen LogP contribution is 2.23. The van der Waals surface area contributed by atoms with Gasteiger partial charge >= 0.3 is 0 Å². The van der Waals surface area contributed by atoms with E-state index in [0.29, 0.717) is 19.1 Å². The van der Waals surface area contributed by atoms with Crippen LogP contribution in [0.25, 0.3) is 0 Å². The molecule has 0 aliphatic heterocycles. The van der Waals surface area contributed by atoms with E-state index in [9.17, 15) is 0 Å². The monoisotopic (exact) mass is 223 g/mol. The molecule has 1 rings (SSSR count). The molecular weight excluding hydrogens is 202 g/mol. The maximum absolute atomic E-state index is 8.55. The third-order valence-electron chi connectivity index (χ3n) is 2.38. The Bertz CT molecular complexity index is 300. The van der Waals surface area contributed by atoms with E-state index in [2.05, 4.69) is 37.4 Å². The third kappa shape index (κ3) is 4.21.